The highest BCUT2D eigenvalue weighted by Crippen LogP contribution is 2.33. The quantitative estimate of drug-likeness (QED) is 0.198. The average molecular weight is 445 g/mol. The van der Waals surface area contributed by atoms with Crippen molar-refractivity contribution < 1.29 is 13.2 Å². The molecule has 2 aromatic rings. The van der Waals surface area contributed by atoms with Crippen LogP contribution in [0.5, 0.6) is 0 Å². The van der Waals surface area contributed by atoms with Gasteiger partial charge in [-0.25, -0.2) is 5.84 Å². The number of halogens is 5. The normalized spacial score (nSPS) is 12.3. The van der Waals surface area contributed by atoms with Gasteiger partial charge in [-0.1, -0.05) is 35.3 Å². The molecule has 0 atom stereocenters. The van der Waals surface area contributed by atoms with Gasteiger partial charge in [-0.05, 0) is 42.0 Å². The number of nitrogens with two attached hydrogens (primary N) is 2. The van der Waals surface area contributed by atoms with Crippen LogP contribution in [0, 0.1) is 5.41 Å². The van der Waals surface area contributed by atoms with Gasteiger partial charge in [-0.15, -0.1) is 0 Å². The molecule has 0 unspecified atom stereocenters. The second-order valence-corrected chi connectivity index (χ2v) is 6.60. The molecule has 7 N–H and O–H groups in total. The van der Waals surface area contributed by atoms with Gasteiger partial charge in [0.2, 0.25) is 0 Å². The van der Waals surface area contributed by atoms with Crippen molar-refractivity contribution in [2.75, 3.05) is 5.32 Å². The lowest BCUT2D eigenvalue weighted by Gasteiger charge is -2.16. The molecular formula is C18H17Cl2F3N6. The van der Waals surface area contributed by atoms with Crippen molar-refractivity contribution in [3.8, 4) is 0 Å². The van der Waals surface area contributed by atoms with E-state index in [-0.39, 0.29) is 29.3 Å². The first-order valence-electron chi connectivity index (χ1n) is 8.06. The molecule has 0 aliphatic carbocycles. The molecule has 0 spiro atoms. The number of amidine groups is 1. The van der Waals surface area contributed by atoms with Gasteiger partial charge >= 0.3 is 6.18 Å². The van der Waals surface area contributed by atoms with Crippen molar-refractivity contribution in [3.63, 3.8) is 0 Å². The molecule has 0 aliphatic heterocycles. The van der Waals surface area contributed by atoms with Gasteiger partial charge in [-0.2, -0.15) is 18.3 Å². The Hall–Kier alpha value is -2.75. The van der Waals surface area contributed by atoms with Gasteiger partial charge < -0.3 is 22.0 Å². The number of hydrazone groups is 1. The highest BCUT2D eigenvalue weighted by molar-refractivity contribution is 6.35. The minimum atomic E-state index is -4.53. The monoisotopic (exact) mass is 444 g/mol. The van der Waals surface area contributed by atoms with Crippen molar-refractivity contribution in [1.29, 1.82) is 5.41 Å². The molecule has 0 bridgehead atoms. The summed E-state index contributed by atoms with van der Waals surface area (Å²) >= 11 is 12.0. The Morgan fingerprint density at radius 3 is 2.45 bits per heavy atom. The fraction of sp³-hybridized carbons (Fsp3) is 0.111. The molecule has 2 aromatic carbocycles. The predicted molar refractivity (Wildman–Crippen MR) is 110 cm³/mol. The van der Waals surface area contributed by atoms with E-state index in [4.69, 9.17) is 40.3 Å². The molecule has 11 heteroatoms. The van der Waals surface area contributed by atoms with Crippen LogP contribution in [0.3, 0.4) is 0 Å². The number of anilines is 1. The molecular weight excluding hydrogens is 428 g/mol. The van der Waals surface area contributed by atoms with Crippen molar-refractivity contribution in [3.05, 3.63) is 75.3 Å². The lowest BCUT2D eigenvalue weighted by atomic mass is 10.0. The van der Waals surface area contributed by atoms with Crippen LogP contribution < -0.4 is 22.4 Å². The molecule has 0 saturated carbocycles. The highest BCUT2D eigenvalue weighted by atomic mass is 35.5. The first kappa shape index (κ1) is 22.5. The zero-order valence-corrected chi connectivity index (χ0v) is 16.3. The summed E-state index contributed by atoms with van der Waals surface area (Å²) in [6.45, 7) is 0.126. The highest BCUT2D eigenvalue weighted by Gasteiger charge is 2.31. The minimum Gasteiger partial charge on any atom is -0.380 e. The Labute approximate surface area is 174 Å². The molecule has 0 aliphatic rings. The van der Waals surface area contributed by atoms with E-state index in [9.17, 15) is 13.2 Å². The Morgan fingerprint density at radius 2 is 1.86 bits per heavy atom. The van der Waals surface area contributed by atoms with E-state index in [0.717, 1.165) is 12.1 Å². The molecule has 0 aromatic heterocycles. The van der Waals surface area contributed by atoms with Crippen molar-refractivity contribution in [2.45, 2.75) is 12.7 Å². The van der Waals surface area contributed by atoms with Crippen LogP contribution in [-0.2, 0) is 12.7 Å². The molecule has 6 nitrogen and oxygen atoms in total. The summed E-state index contributed by atoms with van der Waals surface area (Å²) in [5.41, 5.74) is 2.24. The maximum absolute atomic E-state index is 13.1. The number of nitrogens with zero attached hydrogens (tertiary/aromatic N) is 1. The molecule has 0 saturated heterocycles. The second kappa shape index (κ2) is 9.64. The summed E-state index contributed by atoms with van der Waals surface area (Å²) in [7, 11) is 0. The number of rotatable bonds is 6. The smallest absolute Gasteiger partial charge is 0.380 e. The van der Waals surface area contributed by atoms with E-state index in [1.54, 1.807) is 12.1 Å². The number of alkyl halides is 3. The van der Waals surface area contributed by atoms with Crippen LogP contribution in [-0.4, -0.2) is 11.5 Å². The fourth-order valence-corrected chi connectivity index (χ4v) is 2.81. The number of hydrogen-bond acceptors (Lipinski definition) is 5. The third kappa shape index (κ3) is 6.11. The lowest BCUT2D eigenvalue weighted by Crippen LogP contribution is -2.29. The summed E-state index contributed by atoms with van der Waals surface area (Å²) in [6, 6.07) is 7.85. The number of nitrogens with one attached hydrogen (secondary N) is 3. The largest absolute Gasteiger partial charge is 0.416 e. The summed E-state index contributed by atoms with van der Waals surface area (Å²) in [5, 5.41) is 15.2. The molecule has 2 rings (SSSR count). The Bertz CT molecular complexity index is 957. The van der Waals surface area contributed by atoms with Crippen LogP contribution in [0.15, 0.2) is 53.7 Å². The number of allylic oxidation sites excluding steroid dienone is 1. The van der Waals surface area contributed by atoms with E-state index in [1.807, 2.05) is 0 Å². The first-order chi connectivity index (χ1) is 13.7. The van der Waals surface area contributed by atoms with Crippen LogP contribution in [0.2, 0.25) is 10.0 Å². The summed E-state index contributed by atoms with van der Waals surface area (Å²) in [4.78, 5) is 0. The van der Waals surface area contributed by atoms with E-state index < -0.39 is 11.7 Å². The van der Waals surface area contributed by atoms with Gasteiger partial charge in [0.25, 0.3) is 0 Å². The standard InChI is InChI=1S/C18H17Cl2F3N6/c19-12-3-1-10(14(20)8-12)9-27-16-7-11(18(21,22)23)2-4-13(16)15(24)5-6-17(28-25)29-26/h1-8,24,27H,9,25-26H2,(H,28,29)/b6-5+,24-15?. The Balaban J connectivity index is 2.36. The fourth-order valence-electron chi connectivity index (χ4n) is 2.34. The number of hydrazine groups is 1. The SMILES string of the molecule is N=C(/C=C/C(=N/N)NN)c1ccc(C(F)(F)F)cc1NCc1ccc(Cl)cc1Cl. The molecule has 0 amide bonds. The summed E-state index contributed by atoms with van der Waals surface area (Å²) in [6.07, 6.45) is -1.91. The van der Waals surface area contributed by atoms with Crippen LogP contribution in [0.25, 0.3) is 0 Å². The molecule has 154 valence electrons. The number of hydrogen-bond donors (Lipinski definition) is 5. The lowest BCUT2D eigenvalue weighted by molar-refractivity contribution is -0.137. The molecule has 0 heterocycles. The van der Waals surface area contributed by atoms with Crippen molar-refractivity contribution >= 4 is 40.4 Å². The van der Waals surface area contributed by atoms with E-state index >= 15 is 0 Å². The topological polar surface area (TPSA) is 112 Å². The molecule has 0 fully saturated rings. The first-order valence-corrected chi connectivity index (χ1v) is 8.82. The summed E-state index contributed by atoms with van der Waals surface area (Å²) in [5.74, 6) is 10.4. The summed E-state index contributed by atoms with van der Waals surface area (Å²) < 4.78 is 39.4. The van der Waals surface area contributed by atoms with Crippen LogP contribution >= 0.6 is 23.2 Å². The maximum Gasteiger partial charge on any atom is 0.416 e. The van der Waals surface area contributed by atoms with Crippen LogP contribution in [0.4, 0.5) is 18.9 Å². The van der Waals surface area contributed by atoms with Gasteiger partial charge in [0, 0.05) is 27.8 Å². The maximum atomic E-state index is 13.1. The predicted octanol–water partition coefficient (Wildman–Crippen LogP) is 4.28. The van der Waals surface area contributed by atoms with E-state index in [2.05, 4.69) is 15.8 Å². The Morgan fingerprint density at radius 1 is 1.14 bits per heavy atom. The van der Waals surface area contributed by atoms with E-state index in [1.165, 1.54) is 24.3 Å². The zero-order valence-electron chi connectivity index (χ0n) is 14.8. The van der Waals surface area contributed by atoms with Gasteiger partial charge in [-0.3, -0.25) is 0 Å². The van der Waals surface area contributed by atoms with Crippen molar-refractivity contribution in [1.82, 2.24) is 5.43 Å². The average Bonchev–Trinajstić information content (AvgIpc) is 2.67. The van der Waals surface area contributed by atoms with Gasteiger partial charge in [0.15, 0.2) is 5.84 Å². The van der Waals surface area contributed by atoms with E-state index in [0.29, 0.717) is 15.6 Å². The van der Waals surface area contributed by atoms with Gasteiger partial charge in [0.05, 0.1) is 11.3 Å². The van der Waals surface area contributed by atoms with Crippen molar-refractivity contribution in [2.24, 2.45) is 16.8 Å². The third-order valence-electron chi connectivity index (χ3n) is 3.82. The zero-order chi connectivity index (χ0) is 21.6. The molecule has 29 heavy (non-hydrogen) atoms. The third-order valence-corrected chi connectivity index (χ3v) is 4.40. The minimum absolute atomic E-state index is 0.0835. The Kier molecular flexibility index (Phi) is 7.49. The molecule has 0 radical (unpaired) electrons. The van der Waals surface area contributed by atoms with Crippen LogP contribution in [0.1, 0.15) is 16.7 Å². The second-order valence-electron chi connectivity index (χ2n) is 5.75. The number of benzene rings is 2. The van der Waals surface area contributed by atoms with Gasteiger partial charge in [0.1, 0.15) is 0 Å².